The van der Waals surface area contributed by atoms with E-state index >= 15 is 0 Å². The molecule has 2 heterocycles. The third-order valence-corrected chi connectivity index (χ3v) is 12.3. The molecule has 4 aromatic rings. The molecule has 2 aromatic heterocycles. The van der Waals surface area contributed by atoms with Crippen LogP contribution in [0.5, 0.6) is 0 Å². The van der Waals surface area contributed by atoms with Gasteiger partial charge in [-0.2, -0.15) is 0 Å². The third-order valence-electron chi connectivity index (χ3n) is 9.98. The zero-order valence-electron chi connectivity index (χ0n) is 26.2. The average Bonchev–Trinajstić information content (AvgIpc) is 3.73. The monoisotopic (exact) mass is 636 g/mol. The first-order chi connectivity index (χ1) is 22.8. The van der Waals surface area contributed by atoms with E-state index in [2.05, 4.69) is 143 Å². The van der Waals surface area contributed by atoms with Gasteiger partial charge >= 0.3 is 0 Å². The average molecular weight is 637 g/mol. The fourth-order valence-corrected chi connectivity index (χ4v) is 9.49. The first-order valence-corrected chi connectivity index (χ1v) is 19.2. The number of aryl methyl sites for hydroxylation is 4. The summed E-state index contributed by atoms with van der Waals surface area (Å²) in [7, 11) is 3.93. The van der Waals surface area contributed by atoms with Gasteiger partial charge in [0.05, 0.1) is 11.5 Å². The van der Waals surface area contributed by atoms with Crippen LogP contribution in [0.3, 0.4) is 0 Å². The van der Waals surface area contributed by atoms with Crippen molar-refractivity contribution in [1.82, 2.24) is 0 Å². The smallest absolute Gasteiger partial charge is 0.169 e. The summed E-state index contributed by atoms with van der Waals surface area (Å²) in [6, 6.07) is 20.3. The molecule has 1 saturated carbocycles. The van der Waals surface area contributed by atoms with Crippen molar-refractivity contribution in [2.45, 2.75) is 38.8 Å². The molecule has 4 heteroatoms. The van der Waals surface area contributed by atoms with Crippen molar-refractivity contribution >= 4 is 50.6 Å². The molecule has 0 saturated heterocycles. The van der Waals surface area contributed by atoms with Gasteiger partial charge in [-0.15, -0.1) is 0 Å². The van der Waals surface area contributed by atoms with Crippen molar-refractivity contribution in [3.8, 4) is 0 Å². The van der Waals surface area contributed by atoms with Gasteiger partial charge in [-0.3, -0.25) is 0 Å². The first-order valence-electron chi connectivity index (χ1n) is 16.7. The molecule has 0 aliphatic heterocycles. The minimum Gasteiger partial charge on any atom is -0.204 e. The Labute approximate surface area is 281 Å². The van der Waals surface area contributed by atoms with Gasteiger partial charge in [0.2, 0.25) is 0 Å². The second-order valence-electron chi connectivity index (χ2n) is 12.8. The molecule has 46 heavy (non-hydrogen) atoms. The summed E-state index contributed by atoms with van der Waals surface area (Å²) in [5.74, 6) is 3.51. The van der Waals surface area contributed by atoms with E-state index in [4.69, 9.17) is 0 Å². The van der Waals surface area contributed by atoms with Crippen molar-refractivity contribution in [1.29, 1.82) is 0 Å². The summed E-state index contributed by atoms with van der Waals surface area (Å²) in [6.07, 6.45) is 34.5. The summed E-state index contributed by atoms with van der Waals surface area (Å²) >= 11 is 0. The van der Waals surface area contributed by atoms with E-state index in [0.29, 0.717) is 11.8 Å². The number of aromatic nitrogens is 2. The highest BCUT2D eigenvalue weighted by molar-refractivity contribution is 8.76. The Hall–Kier alpha value is -3.86. The van der Waals surface area contributed by atoms with Gasteiger partial charge in [0, 0.05) is 30.2 Å². The SMILES string of the molecule is C1=CC2=C(/C=C/c3cc[n+](CCSSCC[n+]4ccc(/C=C/c5ccc6c7c(cccc57)CC6)cc4)cc3)C=CC3CCC(=C1)C23. The molecule has 1 fully saturated rings. The Morgan fingerprint density at radius 2 is 1.39 bits per heavy atom. The summed E-state index contributed by atoms with van der Waals surface area (Å²) in [5.41, 5.74) is 11.3. The lowest BCUT2D eigenvalue weighted by atomic mass is 9.77. The van der Waals surface area contributed by atoms with Crippen molar-refractivity contribution in [2.24, 2.45) is 11.8 Å². The molecule has 228 valence electrons. The van der Waals surface area contributed by atoms with Crippen LogP contribution in [0.15, 0.2) is 133 Å². The Morgan fingerprint density at radius 1 is 0.696 bits per heavy atom. The molecule has 2 aromatic carbocycles. The van der Waals surface area contributed by atoms with E-state index in [0.717, 1.165) is 24.6 Å². The lowest BCUT2D eigenvalue weighted by Gasteiger charge is -2.27. The summed E-state index contributed by atoms with van der Waals surface area (Å²) in [5, 5.41) is 2.87. The van der Waals surface area contributed by atoms with E-state index in [-0.39, 0.29) is 0 Å². The van der Waals surface area contributed by atoms with Gasteiger partial charge < -0.3 is 0 Å². The Balaban J connectivity index is 0.772. The second-order valence-corrected chi connectivity index (χ2v) is 15.5. The number of allylic oxidation sites excluding steroid dienone is 9. The topological polar surface area (TPSA) is 7.76 Å². The Kier molecular flexibility index (Phi) is 8.65. The van der Waals surface area contributed by atoms with Crippen LogP contribution in [0.4, 0.5) is 0 Å². The van der Waals surface area contributed by atoms with Gasteiger partial charge in [-0.05, 0) is 81.3 Å². The molecule has 0 radical (unpaired) electrons. The quantitative estimate of drug-likeness (QED) is 0.0921. The summed E-state index contributed by atoms with van der Waals surface area (Å²) in [6.45, 7) is 2.04. The number of hydrogen-bond acceptors (Lipinski definition) is 2. The molecule has 4 aliphatic rings. The molecule has 4 aliphatic carbocycles. The summed E-state index contributed by atoms with van der Waals surface area (Å²) < 4.78 is 4.58. The molecule has 2 nitrogen and oxygen atoms in total. The van der Waals surface area contributed by atoms with Crippen LogP contribution >= 0.6 is 21.6 Å². The van der Waals surface area contributed by atoms with Crippen molar-refractivity contribution in [2.75, 3.05) is 11.5 Å². The molecular weight excluding hydrogens is 597 g/mol. The molecule has 2 atom stereocenters. The minimum atomic E-state index is 0.618. The molecule has 8 rings (SSSR count). The minimum absolute atomic E-state index is 0.618. The van der Waals surface area contributed by atoms with Crippen LogP contribution in [0.1, 0.15) is 40.7 Å². The zero-order chi connectivity index (χ0) is 30.7. The molecule has 0 spiro atoms. The predicted molar refractivity (Wildman–Crippen MR) is 197 cm³/mol. The highest BCUT2D eigenvalue weighted by Crippen LogP contribution is 2.47. The fraction of sp³-hybridized carbons (Fsp3) is 0.238. The van der Waals surface area contributed by atoms with Gasteiger partial charge in [0.15, 0.2) is 37.9 Å². The number of nitrogens with zero attached hydrogens (tertiary/aromatic N) is 2. The standard InChI is InChI=1S/C42H40N2S2/c1-3-35-15-17-37-13-11-33(39(5-1)41(35)37)9-7-31-19-23-43(24-20-31)27-29-45-46-30-28-44-25-21-32(22-26-44)8-10-34-12-14-38-18-16-36-4-2-6-40(34)42(36)38/h1-14,19-26,37,41H,15-18,27-30H2/q+2/b9-7+,10-8+. The van der Waals surface area contributed by atoms with Crippen LogP contribution in [0.25, 0.3) is 29.0 Å². The van der Waals surface area contributed by atoms with Crippen molar-refractivity contribution in [3.05, 3.63) is 160 Å². The lowest BCUT2D eigenvalue weighted by Crippen LogP contribution is -2.34. The molecule has 0 amide bonds. The van der Waals surface area contributed by atoms with Crippen LogP contribution in [0.2, 0.25) is 0 Å². The Bertz CT molecular complexity index is 1930. The number of rotatable bonds is 11. The predicted octanol–water partition coefficient (Wildman–Crippen LogP) is 9.17. The number of benzene rings is 2. The molecule has 0 N–H and O–H groups in total. The van der Waals surface area contributed by atoms with Gasteiger partial charge in [0.1, 0.15) is 0 Å². The molecule has 0 bridgehead atoms. The summed E-state index contributed by atoms with van der Waals surface area (Å²) in [4.78, 5) is 0. The van der Waals surface area contributed by atoms with Gasteiger partial charge in [0.25, 0.3) is 0 Å². The van der Waals surface area contributed by atoms with E-state index in [9.17, 15) is 0 Å². The lowest BCUT2D eigenvalue weighted by molar-refractivity contribution is -0.692. The largest absolute Gasteiger partial charge is 0.204 e. The van der Waals surface area contributed by atoms with Crippen molar-refractivity contribution in [3.63, 3.8) is 0 Å². The maximum absolute atomic E-state index is 2.44. The number of hydrogen-bond donors (Lipinski definition) is 0. The highest BCUT2D eigenvalue weighted by Gasteiger charge is 2.35. The van der Waals surface area contributed by atoms with E-state index in [1.807, 2.05) is 21.6 Å². The van der Waals surface area contributed by atoms with E-state index < -0.39 is 0 Å². The fourth-order valence-electron chi connectivity index (χ4n) is 7.53. The van der Waals surface area contributed by atoms with Gasteiger partial charge in [-0.1, -0.05) is 112 Å². The Morgan fingerprint density at radius 3 is 2.13 bits per heavy atom. The van der Waals surface area contributed by atoms with Crippen LogP contribution in [0, 0.1) is 11.8 Å². The normalized spacial score (nSPS) is 19.6. The first kappa shape index (κ1) is 29.5. The molecular formula is C42H40N2S2+2. The van der Waals surface area contributed by atoms with E-state index in [1.54, 1.807) is 5.57 Å². The van der Waals surface area contributed by atoms with E-state index in [1.165, 1.54) is 75.4 Å². The maximum Gasteiger partial charge on any atom is 0.169 e. The highest BCUT2D eigenvalue weighted by atomic mass is 33.1. The van der Waals surface area contributed by atoms with Crippen LogP contribution in [-0.4, -0.2) is 11.5 Å². The second kappa shape index (κ2) is 13.5. The van der Waals surface area contributed by atoms with Crippen molar-refractivity contribution < 1.29 is 9.13 Å². The van der Waals surface area contributed by atoms with Gasteiger partial charge in [-0.25, -0.2) is 9.13 Å². The van der Waals surface area contributed by atoms with Crippen LogP contribution in [-0.2, 0) is 25.9 Å². The third kappa shape index (κ3) is 6.26. The maximum atomic E-state index is 2.44. The zero-order valence-corrected chi connectivity index (χ0v) is 27.9. The van der Waals surface area contributed by atoms with Crippen LogP contribution < -0.4 is 9.13 Å². The number of pyridine rings is 2. The molecule has 2 unspecified atom stereocenters.